The van der Waals surface area contributed by atoms with Crippen LogP contribution in [0.5, 0.6) is 0 Å². The van der Waals surface area contributed by atoms with E-state index in [1.54, 1.807) is 19.1 Å². The number of carbonyl (C=O) groups excluding carboxylic acids is 1. The Morgan fingerprint density at radius 2 is 1.86 bits per heavy atom. The maximum Gasteiger partial charge on any atom is 0.418 e. The Morgan fingerprint density at radius 1 is 1.14 bits per heavy atom. The van der Waals surface area contributed by atoms with E-state index in [9.17, 15) is 22.8 Å². The van der Waals surface area contributed by atoms with Crippen LogP contribution in [0.4, 0.5) is 24.5 Å². The summed E-state index contributed by atoms with van der Waals surface area (Å²) in [7, 11) is 0. The summed E-state index contributed by atoms with van der Waals surface area (Å²) in [5.41, 5.74) is -1.43. The zero-order chi connectivity index (χ0) is 26.8. The van der Waals surface area contributed by atoms with E-state index >= 15 is 0 Å². The third-order valence-corrected chi connectivity index (χ3v) is 6.42. The fraction of sp³-hybridized carbons (Fsp3) is 0.292. The van der Waals surface area contributed by atoms with E-state index in [1.165, 1.54) is 18.3 Å². The van der Waals surface area contributed by atoms with Gasteiger partial charge in [0, 0.05) is 23.5 Å². The summed E-state index contributed by atoms with van der Waals surface area (Å²) in [6.45, 7) is 2.05. The lowest BCUT2D eigenvalue weighted by Crippen LogP contribution is -2.47. The van der Waals surface area contributed by atoms with Crippen LogP contribution in [-0.2, 0) is 21.1 Å². The number of anilines is 2. The van der Waals surface area contributed by atoms with Crippen LogP contribution in [0.3, 0.4) is 0 Å². The number of alkyl halides is 3. The predicted molar refractivity (Wildman–Crippen MR) is 129 cm³/mol. The van der Waals surface area contributed by atoms with E-state index in [-0.39, 0.29) is 23.7 Å². The molecule has 0 saturated carbocycles. The number of halogens is 4. The second-order valence-corrected chi connectivity index (χ2v) is 9.38. The molecule has 1 fully saturated rings. The van der Waals surface area contributed by atoms with Crippen molar-refractivity contribution in [2.45, 2.75) is 31.0 Å². The van der Waals surface area contributed by atoms with Crippen molar-refractivity contribution in [3.63, 3.8) is 0 Å². The number of nitrogens with zero attached hydrogens (tertiary/aromatic N) is 3. The number of carbonyl (C=O) groups is 2. The zero-order valence-electron chi connectivity index (χ0n) is 19.3. The molecule has 194 valence electrons. The number of pyridine rings is 1. The van der Waals surface area contributed by atoms with Gasteiger partial charge in [-0.1, -0.05) is 15.9 Å². The highest BCUT2D eigenvalue weighted by molar-refractivity contribution is 9.10. The standard InChI is InChI=1S/C24H21BrF3N5O4/c1-13(32-22(36)23(6-7-37-12-23)21-30-9-14(10-31-21)20(34)35)18-5-3-16(11-29-18)33-19-4-2-15(25)8-17(19)24(26,27)28/h2-5,8-11,13,33H,6-7,12H2,1H3,(H,32,36)(H,34,35)/t13?,23-/m1/s1. The number of aromatic nitrogens is 3. The van der Waals surface area contributed by atoms with Crippen LogP contribution in [0.15, 0.2) is 53.4 Å². The summed E-state index contributed by atoms with van der Waals surface area (Å²) in [6, 6.07) is 6.40. The number of hydrogen-bond acceptors (Lipinski definition) is 7. The molecule has 2 aromatic heterocycles. The van der Waals surface area contributed by atoms with E-state index in [1.807, 2.05) is 0 Å². The van der Waals surface area contributed by atoms with Crippen LogP contribution in [0.2, 0.25) is 0 Å². The van der Waals surface area contributed by atoms with Crippen molar-refractivity contribution in [2.75, 3.05) is 18.5 Å². The van der Waals surface area contributed by atoms with Crippen LogP contribution >= 0.6 is 15.9 Å². The molecule has 3 N–H and O–H groups in total. The Hall–Kier alpha value is -3.58. The molecule has 1 saturated heterocycles. The molecule has 0 radical (unpaired) electrons. The minimum atomic E-state index is -4.55. The number of carboxylic acids is 1. The lowest BCUT2D eigenvalue weighted by molar-refractivity contribution is -0.137. The van der Waals surface area contributed by atoms with E-state index in [0.717, 1.165) is 18.5 Å². The summed E-state index contributed by atoms with van der Waals surface area (Å²) < 4.78 is 45.9. The molecular formula is C24H21BrF3N5O4. The molecule has 9 nitrogen and oxygen atoms in total. The van der Waals surface area contributed by atoms with Crippen molar-refractivity contribution >= 4 is 39.2 Å². The van der Waals surface area contributed by atoms with Gasteiger partial charge in [-0.3, -0.25) is 9.78 Å². The molecule has 1 aromatic carbocycles. The maximum atomic E-state index is 13.4. The Kier molecular flexibility index (Phi) is 7.46. The summed E-state index contributed by atoms with van der Waals surface area (Å²) >= 11 is 3.06. The second kappa shape index (κ2) is 10.4. The Bertz CT molecular complexity index is 1300. The number of ether oxygens (including phenoxy) is 1. The largest absolute Gasteiger partial charge is 0.478 e. The molecule has 37 heavy (non-hydrogen) atoms. The van der Waals surface area contributed by atoms with Gasteiger partial charge in [0.05, 0.1) is 47.0 Å². The SMILES string of the molecule is CC(NC(=O)[C@]1(c2ncc(C(=O)O)cn2)CCOC1)c1ccc(Nc2ccc(Br)cc2C(F)(F)F)cn1. The zero-order valence-corrected chi connectivity index (χ0v) is 20.9. The van der Waals surface area contributed by atoms with Gasteiger partial charge < -0.3 is 20.5 Å². The molecule has 0 spiro atoms. The van der Waals surface area contributed by atoms with Gasteiger partial charge in [0.15, 0.2) is 0 Å². The number of aromatic carboxylic acids is 1. The fourth-order valence-electron chi connectivity index (χ4n) is 3.87. The second-order valence-electron chi connectivity index (χ2n) is 8.46. The van der Waals surface area contributed by atoms with Gasteiger partial charge in [-0.05, 0) is 43.7 Å². The summed E-state index contributed by atoms with van der Waals surface area (Å²) in [5, 5.41) is 14.7. The van der Waals surface area contributed by atoms with Crippen LogP contribution in [0, 0.1) is 0 Å². The normalized spacial score (nSPS) is 18.3. The molecule has 3 heterocycles. The number of nitrogens with one attached hydrogen (secondary N) is 2. The third-order valence-electron chi connectivity index (χ3n) is 5.93. The van der Waals surface area contributed by atoms with E-state index in [0.29, 0.717) is 28.9 Å². The molecule has 1 aliphatic rings. The number of hydrogen-bond donors (Lipinski definition) is 3. The van der Waals surface area contributed by atoms with Gasteiger partial charge in [0.25, 0.3) is 0 Å². The minimum absolute atomic E-state index is 0.0307. The first-order valence-corrected chi connectivity index (χ1v) is 11.8. The Labute approximate surface area is 217 Å². The molecule has 4 rings (SSSR count). The topological polar surface area (TPSA) is 126 Å². The van der Waals surface area contributed by atoms with E-state index < -0.39 is 35.1 Å². The van der Waals surface area contributed by atoms with E-state index in [2.05, 4.69) is 41.5 Å². The first kappa shape index (κ1) is 26.5. The number of carboxylic acid groups (broad SMARTS) is 1. The van der Waals surface area contributed by atoms with Gasteiger partial charge in [-0.2, -0.15) is 13.2 Å². The van der Waals surface area contributed by atoms with Crippen molar-refractivity contribution in [3.05, 3.63) is 76.0 Å². The minimum Gasteiger partial charge on any atom is -0.478 e. The summed E-state index contributed by atoms with van der Waals surface area (Å²) in [4.78, 5) is 36.9. The van der Waals surface area contributed by atoms with Crippen LogP contribution in [0.25, 0.3) is 0 Å². The lowest BCUT2D eigenvalue weighted by atomic mass is 9.84. The van der Waals surface area contributed by atoms with Gasteiger partial charge in [0.2, 0.25) is 5.91 Å². The number of rotatable bonds is 7. The van der Waals surface area contributed by atoms with Crippen LogP contribution in [-0.4, -0.2) is 45.1 Å². The molecule has 0 aliphatic carbocycles. The fourth-order valence-corrected chi connectivity index (χ4v) is 4.23. The molecule has 2 atom stereocenters. The van der Waals surface area contributed by atoms with Crippen LogP contribution in [0.1, 0.15) is 46.8 Å². The van der Waals surface area contributed by atoms with Gasteiger partial charge in [-0.25, -0.2) is 14.8 Å². The molecule has 1 unspecified atom stereocenters. The number of benzene rings is 1. The quantitative estimate of drug-likeness (QED) is 0.370. The van der Waals surface area contributed by atoms with Crippen molar-refractivity contribution in [1.29, 1.82) is 0 Å². The van der Waals surface area contributed by atoms with Crippen molar-refractivity contribution in [2.24, 2.45) is 0 Å². The first-order valence-electron chi connectivity index (χ1n) is 11.0. The van der Waals surface area contributed by atoms with Crippen molar-refractivity contribution in [3.8, 4) is 0 Å². The molecule has 3 aromatic rings. The first-order chi connectivity index (χ1) is 17.5. The lowest BCUT2D eigenvalue weighted by Gasteiger charge is -2.26. The van der Waals surface area contributed by atoms with Crippen LogP contribution < -0.4 is 10.6 Å². The highest BCUT2D eigenvalue weighted by Crippen LogP contribution is 2.38. The summed E-state index contributed by atoms with van der Waals surface area (Å²) in [5.74, 6) is -1.43. The monoisotopic (exact) mass is 579 g/mol. The van der Waals surface area contributed by atoms with Gasteiger partial charge in [0.1, 0.15) is 11.2 Å². The number of amides is 1. The molecule has 1 amide bonds. The molecule has 0 bridgehead atoms. The van der Waals surface area contributed by atoms with Crippen molar-refractivity contribution in [1.82, 2.24) is 20.3 Å². The highest BCUT2D eigenvalue weighted by Gasteiger charge is 2.47. The highest BCUT2D eigenvalue weighted by atomic mass is 79.9. The van der Waals surface area contributed by atoms with E-state index in [4.69, 9.17) is 9.84 Å². The van der Waals surface area contributed by atoms with Gasteiger partial charge >= 0.3 is 12.1 Å². The molecule has 13 heteroatoms. The molecule has 1 aliphatic heterocycles. The molecular weight excluding hydrogens is 559 g/mol. The maximum absolute atomic E-state index is 13.4. The van der Waals surface area contributed by atoms with Gasteiger partial charge in [-0.15, -0.1) is 0 Å². The predicted octanol–water partition coefficient (Wildman–Crippen LogP) is 4.63. The third kappa shape index (κ3) is 5.72. The average molecular weight is 580 g/mol. The smallest absolute Gasteiger partial charge is 0.418 e. The Balaban J connectivity index is 1.48. The van der Waals surface area contributed by atoms with Crippen molar-refractivity contribution < 1.29 is 32.6 Å². The average Bonchev–Trinajstić information content (AvgIpc) is 3.36. The summed E-state index contributed by atoms with van der Waals surface area (Å²) in [6.07, 6.45) is -0.573. The Morgan fingerprint density at radius 3 is 2.43 bits per heavy atom.